The van der Waals surface area contributed by atoms with Crippen LogP contribution in [0.4, 0.5) is 5.69 Å². The van der Waals surface area contributed by atoms with E-state index >= 15 is 0 Å². The molecule has 1 aliphatic heterocycles. The molecule has 0 fully saturated rings. The second-order valence-electron chi connectivity index (χ2n) is 4.95. The molecule has 1 aromatic carbocycles. The SMILES string of the molecule is ON=C1CCN(CCCn2ccnc2)c2ccccc21. The van der Waals surface area contributed by atoms with E-state index in [2.05, 4.69) is 25.7 Å². The molecule has 3 rings (SSSR count). The number of imidazole rings is 1. The lowest BCUT2D eigenvalue weighted by atomic mass is 9.99. The van der Waals surface area contributed by atoms with Crippen molar-refractivity contribution in [3.8, 4) is 0 Å². The molecule has 0 saturated carbocycles. The molecule has 0 unspecified atom stereocenters. The minimum absolute atomic E-state index is 0.784. The summed E-state index contributed by atoms with van der Waals surface area (Å²) in [7, 11) is 0. The number of oxime groups is 1. The van der Waals surface area contributed by atoms with Crippen LogP contribution in [0.2, 0.25) is 0 Å². The van der Waals surface area contributed by atoms with E-state index in [1.165, 1.54) is 0 Å². The topological polar surface area (TPSA) is 53.7 Å². The molecule has 1 aromatic heterocycles. The monoisotopic (exact) mass is 270 g/mol. The summed E-state index contributed by atoms with van der Waals surface area (Å²) in [6, 6.07) is 8.13. The van der Waals surface area contributed by atoms with Crippen molar-refractivity contribution in [2.45, 2.75) is 19.4 Å². The van der Waals surface area contributed by atoms with Gasteiger partial charge in [-0.2, -0.15) is 0 Å². The van der Waals surface area contributed by atoms with Crippen LogP contribution >= 0.6 is 0 Å². The fraction of sp³-hybridized carbons (Fsp3) is 0.333. The summed E-state index contributed by atoms with van der Waals surface area (Å²) in [5.41, 5.74) is 2.99. The first-order valence-electron chi connectivity index (χ1n) is 6.89. The number of benzene rings is 1. The predicted octanol–water partition coefficient (Wildman–Crippen LogP) is 2.36. The summed E-state index contributed by atoms with van der Waals surface area (Å²) in [5, 5.41) is 12.5. The Balaban J connectivity index is 1.68. The Morgan fingerprint density at radius 2 is 2.15 bits per heavy atom. The van der Waals surface area contributed by atoms with Crippen LogP contribution < -0.4 is 4.90 Å². The maximum absolute atomic E-state index is 9.08. The first-order valence-corrected chi connectivity index (χ1v) is 6.89. The van der Waals surface area contributed by atoms with Gasteiger partial charge in [-0.1, -0.05) is 23.4 Å². The first kappa shape index (κ1) is 12.7. The van der Waals surface area contributed by atoms with E-state index in [9.17, 15) is 0 Å². The van der Waals surface area contributed by atoms with E-state index < -0.39 is 0 Å². The molecular formula is C15H18N4O. The lowest BCUT2D eigenvalue weighted by molar-refractivity contribution is 0.317. The smallest absolute Gasteiger partial charge is 0.0945 e. The Morgan fingerprint density at radius 3 is 2.95 bits per heavy atom. The van der Waals surface area contributed by atoms with Gasteiger partial charge in [0.25, 0.3) is 0 Å². The van der Waals surface area contributed by atoms with E-state index in [4.69, 9.17) is 5.21 Å². The molecule has 1 N–H and O–H groups in total. The molecule has 2 aromatic rings. The fourth-order valence-electron chi connectivity index (χ4n) is 2.69. The number of fused-ring (bicyclic) bond motifs is 1. The zero-order valence-electron chi connectivity index (χ0n) is 11.3. The quantitative estimate of drug-likeness (QED) is 0.685. The predicted molar refractivity (Wildman–Crippen MR) is 78.4 cm³/mol. The average Bonchev–Trinajstić information content (AvgIpc) is 3.01. The molecule has 0 saturated heterocycles. The average molecular weight is 270 g/mol. The molecule has 0 bridgehead atoms. The number of para-hydroxylation sites is 1. The Bertz CT molecular complexity index is 592. The van der Waals surface area contributed by atoms with Crippen molar-refractivity contribution in [3.63, 3.8) is 0 Å². The summed E-state index contributed by atoms with van der Waals surface area (Å²) in [5.74, 6) is 0. The van der Waals surface area contributed by atoms with Gasteiger partial charge in [0.1, 0.15) is 0 Å². The van der Waals surface area contributed by atoms with Gasteiger partial charge >= 0.3 is 0 Å². The fourth-order valence-corrected chi connectivity index (χ4v) is 2.69. The van der Waals surface area contributed by atoms with E-state index in [0.29, 0.717) is 0 Å². The molecule has 0 aliphatic carbocycles. The number of aryl methyl sites for hydroxylation is 1. The Kier molecular flexibility index (Phi) is 3.67. The van der Waals surface area contributed by atoms with Crippen molar-refractivity contribution in [1.82, 2.24) is 9.55 Å². The van der Waals surface area contributed by atoms with Crippen LogP contribution in [0.5, 0.6) is 0 Å². The molecule has 20 heavy (non-hydrogen) atoms. The molecular weight excluding hydrogens is 252 g/mol. The number of nitrogens with zero attached hydrogens (tertiary/aromatic N) is 4. The minimum Gasteiger partial charge on any atom is -0.411 e. The number of anilines is 1. The van der Waals surface area contributed by atoms with Crippen LogP contribution in [-0.2, 0) is 6.54 Å². The zero-order chi connectivity index (χ0) is 13.8. The van der Waals surface area contributed by atoms with Crippen molar-refractivity contribution < 1.29 is 5.21 Å². The maximum Gasteiger partial charge on any atom is 0.0945 e. The molecule has 5 heteroatoms. The third kappa shape index (κ3) is 2.52. The summed E-state index contributed by atoms with van der Waals surface area (Å²) < 4.78 is 2.09. The second kappa shape index (κ2) is 5.77. The summed E-state index contributed by atoms with van der Waals surface area (Å²) >= 11 is 0. The Morgan fingerprint density at radius 1 is 1.25 bits per heavy atom. The van der Waals surface area contributed by atoms with Crippen LogP contribution in [-0.4, -0.2) is 33.6 Å². The number of hydrogen-bond acceptors (Lipinski definition) is 4. The third-order valence-electron chi connectivity index (χ3n) is 3.70. The minimum atomic E-state index is 0.784. The van der Waals surface area contributed by atoms with Gasteiger partial charge in [-0.15, -0.1) is 0 Å². The standard InChI is InChI=1S/C15H18N4O/c20-17-14-6-10-19(15-5-2-1-4-13(14)15)9-3-8-18-11-7-16-12-18/h1-2,4-5,7,11-12,20H,3,6,8-10H2. The summed E-state index contributed by atoms with van der Waals surface area (Å²) in [4.78, 5) is 6.41. The van der Waals surface area contributed by atoms with Crippen molar-refractivity contribution >= 4 is 11.4 Å². The summed E-state index contributed by atoms with van der Waals surface area (Å²) in [6.45, 7) is 2.87. The third-order valence-corrected chi connectivity index (χ3v) is 3.70. The normalized spacial score (nSPS) is 16.4. The van der Waals surface area contributed by atoms with Crippen LogP contribution in [0, 0.1) is 0 Å². The molecule has 104 valence electrons. The van der Waals surface area contributed by atoms with Crippen molar-refractivity contribution in [2.24, 2.45) is 5.16 Å². The molecule has 1 aliphatic rings. The van der Waals surface area contributed by atoms with Gasteiger partial charge < -0.3 is 14.7 Å². The number of aromatic nitrogens is 2. The van der Waals surface area contributed by atoms with Crippen LogP contribution in [0.3, 0.4) is 0 Å². The van der Waals surface area contributed by atoms with Gasteiger partial charge in [0.05, 0.1) is 12.0 Å². The highest BCUT2D eigenvalue weighted by atomic mass is 16.4. The van der Waals surface area contributed by atoms with Crippen molar-refractivity contribution in [3.05, 3.63) is 48.5 Å². The van der Waals surface area contributed by atoms with Gasteiger partial charge in [-0.05, 0) is 12.5 Å². The van der Waals surface area contributed by atoms with Crippen LogP contribution in [0.25, 0.3) is 0 Å². The molecule has 2 heterocycles. The molecule has 0 amide bonds. The lowest BCUT2D eigenvalue weighted by Crippen LogP contribution is -2.33. The lowest BCUT2D eigenvalue weighted by Gasteiger charge is -2.31. The van der Waals surface area contributed by atoms with E-state index in [1.54, 1.807) is 6.20 Å². The zero-order valence-corrected chi connectivity index (χ0v) is 11.3. The molecule has 5 nitrogen and oxygen atoms in total. The largest absolute Gasteiger partial charge is 0.411 e. The van der Waals surface area contributed by atoms with Gasteiger partial charge in [-0.25, -0.2) is 4.98 Å². The van der Waals surface area contributed by atoms with Gasteiger partial charge in [0, 0.05) is 49.7 Å². The van der Waals surface area contributed by atoms with Crippen molar-refractivity contribution in [2.75, 3.05) is 18.0 Å². The van der Waals surface area contributed by atoms with Gasteiger partial charge in [0.2, 0.25) is 0 Å². The second-order valence-corrected chi connectivity index (χ2v) is 4.95. The van der Waals surface area contributed by atoms with E-state index in [0.717, 1.165) is 49.4 Å². The van der Waals surface area contributed by atoms with Gasteiger partial charge in [0.15, 0.2) is 0 Å². The molecule has 0 radical (unpaired) electrons. The highest BCUT2D eigenvalue weighted by Gasteiger charge is 2.21. The van der Waals surface area contributed by atoms with Gasteiger partial charge in [-0.3, -0.25) is 0 Å². The molecule has 0 atom stereocenters. The van der Waals surface area contributed by atoms with Crippen LogP contribution in [0.15, 0.2) is 48.1 Å². The van der Waals surface area contributed by atoms with E-state index in [-0.39, 0.29) is 0 Å². The molecule has 0 spiro atoms. The highest BCUT2D eigenvalue weighted by Crippen LogP contribution is 2.27. The van der Waals surface area contributed by atoms with E-state index in [1.807, 2.05) is 30.7 Å². The van der Waals surface area contributed by atoms with Crippen molar-refractivity contribution in [1.29, 1.82) is 0 Å². The first-order chi connectivity index (χ1) is 9.88. The summed E-state index contributed by atoms with van der Waals surface area (Å²) in [6.07, 6.45) is 7.50. The Hall–Kier alpha value is -2.30. The number of rotatable bonds is 4. The van der Waals surface area contributed by atoms with Crippen LogP contribution in [0.1, 0.15) is 18.4 Å². The highest BCUT2D eigenvalue weighted by molar-refractivity contribution is 6.06. The Labute approximate surface area is 118 Å². The maximum atomic E-state index is 9.08. The number of hydrogen-bond donors (Lipinski definition) is 1.